The number of thiophene rings is 1. The molecular formula is C20H23N3O4S. The Labute approximate surface area is 166 Å². The number of piperidine rings is 1. The molecule has 148 valence electrons. The largest absolute Gasteiger partial charge is 0.477 e. The third kappa shape index (κ3) is 2.86. The van der Waals surface area contributed by atoms with Crippen molar-refractivity contribution in [2.45, 2.75) is 43.6 Å². The summed E-state index contributed by atoms with van der Waals surface area (Å²) < 4.78 is 8.02. The number of carbonyl (C=O) groups is 2. The van der Waals surface area contributed by atoms with E-state index in [0.29, 0.717) is 49.0 Å². The van der Waals surface area contributed by atoms with Gasteiger partial charge in [-0.1, -0.05) is 0 Å². The number of ether oxygens (including phenoxy) is 1. The van der Waals surface area contributed by atoms with Gasteiger partial charge >= 0.3 is 5.97 Å². The van der Waals surface area contributed by atoms with E-state index in [-0.39, 0.29) is 5.91 Å². The Morgan fingerprint density at radius 3 is 2.71 bits per heavy atom. The molecule has 8 heteroatoms. The number of aryl methyl sites for hydroxylation is 1. The molecule has 0 radical (unpaired) electrons. The molecule has 3 aliphatic rings. The lowest BCUT2D eigenvalue weighted by Gasteiger charge is -2.43. The molecular weight excluding hydrogens is 378 g/mol. The van der Waals surface area contributed by atoms with Gasteiger partial charge in [0.25, 0.3) is 5.91 Å². The van der Waals surface area contributed by atoms with Gasteiger partial charge < -0.3 is 14.7 Å². The summed E-state index contributed by atoms with van der Waals surface area (Å²) in [5.41, 5.74) is 2.31. The van der Waals surface area contributed by atoms with Crippen molar-refractivity contribution in [3.05, 3.63) is 38.8 Å². The molecule has 2 fully saturated rings. The summed E-state index contributed by atoms with van der Waals surface area (Å²) in [5.74, 6) is -0.352. The smallest absolute Gasteiger partial charge is 0.345 e. The van der Waals surface area contributed by atoms with Crippen LogP contribution in [0.15, 0.2) is 12.1 Å². The molecule has 5 rings (SSSR count). The summed E-state index contributed by atoms with van der Waals surface area (Å²) in [5, 5.41) is 13.8. The number of nitrogens with zero attached hydrogens (tertiary/aromatic N) is 3. The Morgan fingerprint density at radius 1 is 1.29 bits per heavy atom. The van der Waals surface area contributed by atoms with E-state index in [4.69, 9.17) is 4.74 Å². The first-order valence-electron chi connectivity index (χ1n) is 9.80. The van der Waals surface area contributed by atoms with E-state index in [2.05, 4.69) is 5.10 Å². The van der Waals surface area contributed by atoms with Gasteiger partial charge in [-0.2, -0.15) is 5.10 Å². The van der Waals surface area contributed by atoms with Crippen molar-refractivity contribution in [1.29, 1.82) is 0 Å². The minimum Gasteiger partial charge on any atom is -0.477 e. The molecule has 1 spiro atoms. The number of amides is 1. The van der Waals surface area contributed by atoms with Gasteiger partial charge in [-0.15, -0.1) is 11.3 Å². The predicted molar refractivity (Wildman–Crippen MR) is 103 cm³/mol. The highest BCUT2D eigenvalue weighted by atomic mass is 32.1. The Bertz CT molecular complexity index is 951. The molecule has 7 nitrogen and oxygen atoms in total. The highest BCUT2D eigenvalue weighted by Gasteiger charge is 2.44. The van der Waals surface area contributed by atoms with Crippen LogP contribution < -0.4 is 0 Å². The number of hydrogen-bond donors (Lipinski definition) is 1. The number of carboxylic acids is 1. The van der Waals surface area contributed by atoms with E-state index >= 15 is 0 Å². The molecule has 4 heterocycles. The van der Waals surface area contributed by atoms with Gasteiger partial charge in [0.1, 0.15) is 10.5 Å². The van der Waals surface area contributed by atoms with Crippen molar-refractivity contribution in [3.8, 4) is 0 Å². The highest BCUT2D eigenvalue weighted by Crippen LogP contribution is 2.45. The number of carbonyl (C=O) groups excluding carboxylic acids is 1. The van der Waals surface area contributed by atoms with Crippen LogP contribution in [0.2, 0.25) is 0 Å². The third-order valence-corrected chi connectivity index (χ3v) is 7.52. The molecule has 2 aromatic rings. The Morgan fingerprint density at radius 2 is 2.04 bits per heavy atom. The lowest BCUT2D eigenvalue weighted by molar-refractivity contribution is -0.0906. The van der Waals surface area contributed by atoms with Crippen molar-refractivity contribution in [3.63, 3.8) is 0 Å². The van der Waals surface area contributed by atoms with Crippen molar-refractivity contribution in [2.75, 3.05) is 19.7 Å². The topological polar surface area (TPSA) is 84.7 Å². The van der Waals surface area contributed by atoms with Gasteiger partial charge in [0.05, 0.1) is 6.61 Å². The maximum atomic E-state index is 13.0. The second-order valence-corrected chi connectivity index (χ2v) is 9.06. The number of rotatable bonds is 3. The van der Waals surface area contributed by atoms with Crippen LogP contribution in [0.1, 0.15) is 67.9 Å². The normalized spacial score (nSPS) is 21.0. The fraction of sp³-hybridized carbons (Fsp3) is 0.550. The minimum absolute atomic E-state index is 0.0224. The summed E-state index contributed by atoms with van der Waals surface area (Å²) in [4.78, 5) is 27.6. The summed E-state index contributed by atoms with van der Waals surface area (Å²) >= 11 is 1.33. The molecule has 1 aliphatic carbocycles. The van der Waals surface area contributed by atoms with Gasteiger partial charge in [0, 0.05) is 36.6 Å². The third-order valence-electron chi connectivity index (χ3n) is 6.17. The van der Waals surface area contributed by atoms with E-state index in [1.165, 1.54) is 24.2 Å². The quantitative estimate of drug-likeness (QED) is 0.855. The first-order chi connectivity index (χ1) is 13.5. The molecule has 28 heavy (non-hydrogen) atoms. The summed E-state index contributed by atoms with van der Waals surface area (Å²) in [7, 11) is 1.91. The van der Waals surface area contributed by atoms with Crippen LogP contribution in [0.3, 0.4) is 0 Å². The molecule has 1 N–H and O–H groups in total. The predicted octanol–water partition coefficient (Wildman–Crippen LogP) is 2.76. The maximum Gasteiger partial charge on any atom is 0.345 e. The number of aromatic nitrogens is 2. The van der Waals surface area contributed by atoms with E-state index in [0.717, 1.165) is 22.6 Å². The van der Waals surface area contributed by atoms with E-state index in [9.17, 15) is 14.7 Å². The maximum absolute atomic E-state index is 13.0. The molecule has 0 atom stereocenters. The van der Waals surface area contributed by atoms with Crippen LogP contribution in [0, 0.1) is 0 Å². The van der Waals surface area contributed by atoms with Crippen molar-refractivity contribution in [2.24, 2.45) is 7.05 Å². The van der Waals surface area contributed by atoms with Crippen LogP contribution in [0.4, 0.5) is 0 Å². The van der Waals surface area contributed by atoms with Gasteiger partial charge in [-0.05, 0) is 49.8 Å². The van der Waals surface area contributed by atoms with Gasteiger partial charge in [0.2, 0.25) is 0 Å². The minimum atomic E-state index is -0.885. The number of carboxylic acid groups (broad SMARTS) is 1. The lowest BCUT2D eigenvalue weighted by atomic mass is 9.85. The molecule has 0 unspecified atom stereocenters. The average Bonchev–Trinajstić information content (AvgIpc) is 3.29. The number of aromatic carboxylic acids is 1. The zero-order valence-electron chi connectivity index (χ0n) is 15.8. The van der Waals surface area contributed by atoms with Crippen molar-refractivity contribution in [1.82, 2.24) is 14.7 Å². The molecule has 0 aromatic carbocycles. The first kappa shape index (κ1) is 17.9. The van der Waals surface area contributed by atoms with Crippen LogP contribution >= 0.6 is 11.3 Å². The fourth-order valence-corrected chi connectivity index (χ4v) is 5.73. The lowest BCUT2D eigenvalue weighted by Crippen LogP contribution is -2.48. The Balaban J connectivity index is 1.33. The molecule has 1 amide bonds. The second kappa shape index (κ2) is 6.42. The standard InChI is InChI=1S/C20H23N3O4S/c1-22-15(12-2-3-12)11-14(21-22)18(24)23-7-5-20(6-8-23)17-13(4-9-27-20)10-16(28-17)19(25)26/h10-12H,2-9H2,1H3,(H,25,26). The fourth-order valence-electron chi connectivity index (χ4n) is 4.48. The van der Waals surface area contributed by atoms with E-state index in [1.54, 1.807) is 6.07 Å². The zero-order chi connectivity index (χ0) is 19.5. The molecule has 0 bridgehead atoms. The zero-order valence-corrected chi connectivity index (χ0v) is 16.6. The van der Waals surface area contributed by atoms with Crippen LogP contribution in [-0.2, 0) is 23.8 Å². The molecule has 2 aromatic heterocycles. The van der Waals surface area contributed by atoms with E-state index < -0.39 is 11.6 Å². The Kier molecular flexibility index (Phi) is 4.10. The van der Waals surface area contributed by atoms with E-state index in [1.807, 2.05) is 22.7 Å². The summed E-state index contributed by atoms with van der Waals surface area (Å²) in [6, 6.07) is 3.73. The SMILES string of the molecule is Cn1nc(C(=O)N2CCC3(CC2)OCCc2cc(C(=O)O)sc23)cc1C1CC1. The number of likely N-dealkylation sites (tertiary alicyclic amines) is 1. The molecule has 1 saturated heterocycles. The average molecular weight is 401 g/mol. The van der Waals surface area contributed by atoms with Gasteiger partial charge in [0.15, 0.2) is 5.69 Å². The van der Waals surface area contributed by atoms with Crippen molar-refractivity contribution < 1.29 is 19.4 Å². The Hall–Kier alpha value is -2.19. The summed E-state index contributed by atoms with van der Waals surface area (Å²) in [6.07, 6.45) is 4.49. The molecule has 2 aliphatic heterocycles. The van der Waals surface area contributed by atoms with Crippen LogP contribution in [0.25, 0.3) is 0 Å². The number of fused-ring (bicyclic) bond motifs is 2. The van der Waals surface area contributed by atoms with Gasteiger partial charge in [-0.3, -0.25) is 9.48 Å². The van der Waals surface area contributed by atoms with Crippen LogP contribution in [-0.4, -0.2) is 51.4 Å². The second-order valence-electron chi connectivity index (χ2n) is 8.01. The summed E-state index contributed by atoms with van der Waals surface area (Å²) in [6.45, 7) is 1.78. The van der Waals surface area contributed by atoms with Crippen LogP contribution in [0.5, 0.6) is 0 Å². The monoisotopic (exact) mass is 401 g/mol. The highest BCUT2D eigenvalue weighted by molar-refractivity contribution is 7.14. The number of hydrogen-bond acceptors (Lipinski definition) is 5. The molecule has 1 saturated carbocycles. The van der Waals surface area contributed by atoms with Gasteiger partial charge in [-0.25, -0.2) is 4.79 Å². The van der Waals surface area contributed by atoms with Crippen molar-refractivity contribution >= 4 is 23.2 Å². The first-order valence-corrected chi connectivity index (χ1v) is 10.6.